The van der Waals surface area contributed by atoms with E-state index in [2.05, 4.69) is 10.5 Å². The van der Waals surface area contributed by atoms with Gasteiger partial charge >= 0.3 is 0 Å². The number of nitrogens with one attached hydrogen (secondary N) is 1. The molecular formula is C19H26ClN3O3. The Bertz CT molecular complexity index is 707. The van der Waals surface area contributed by atoms with E-state index in [1.165, 1.54) is 12.8 Å². The van der Waals surface area contributed by atoms with Gasteiger partial charge in [0.05, 0.1) is 17.7 Å². The number of aryl methyl sites for hydroxylation is 2. The molecule has 0 saturated heterocycles. The van der Waals surface area contributed by atoms with E-state index in [-0.39, 0.29) is 24.4 Å². The van der Waals surface area contributed by atoms with Crippen LogP contribution in [-0.4, -0.2) is 23.7 Å². The summed E-state index contributed by atoms with van der Waals surface area (Å²) in [5, 5.41) is 6.95. The summed E-state index contributed by atoms with van der Waals surface area (Å²) in [6.07, 6.45) is 2.69. The Morgan fingerprint density at radius 1 is 1.35 bits per heavy atom. The highest BCUT2D eigenvalue weighted by Crippen LogP contribution is 2.32. The van der Waals surface area contributed by atoms with Crippen LogP contribution in [0.2, 0.25) is 0 Å². The maximum absolute atomic E-state index is 12.1. The fourth-order valence-electron chi connectivity index (χ4n) is 2.88. The maximum Gasteiger partial charge on any atom is 0.224 e. The molecule has 0 aliphatic heterocycles. The highest BCUT2D eigenvalue weighted by atomic mass is 35.5. The van der Waals surface area contributed by atoms with Gasteiger partial charge in [-0.15, -0.1) is 12.4 Å². The number of hydrogen-bond acceptors (Lipinski definition) is 5. The Hall–Kier alpha value is -2.05. The standard InChI is InChI=1S/C19H25N3O3.ClH/c1-12-17(13(2)25-22-12)11-24-16-7-3-14(4-8-16)9-19(23)21-18(10-20)15-5-6-15;/h3-4,7-8,15,18H,5-6,9-11,20H2,1-2H3,(H,21,23);1H. The monoisotopic (exact) mass is 379 g/mol. The Kier molecular flexibility index (Phi) is 7.06. The van der Waals surface area contributed by atoms with Gasteiger partial charge in [0.25, 0.3) is 0 Å². The smallest absolute Gasteiger partial charge is 0.224 e. The minimum absolute atomic E-state index is 0. The van der Waals surface area contributed by atoms with E-state index >= 15 is 0 Å². The van der Waals surface area contributed by atoms with Crippen LogP contribution in [0.5, 0.6) is 5.75 Å². The molecule has 26 heavy (non-hydrogen) atoms. The average Bonchev–Trinajstić information content (AvgIpc) is 3.39. The zero-order valence-corrected chi connectivity index (χ0v) is 16.0. The van der Waals surface area contributed by atoms with Gasteiger partial charge in [0.15, 0.2) is 0 Å². The van der Waals surface area contributed by atoms with Gasteiger partial charge < -0.3 is 20.3 Å². The number of ether oxygens (including phenoxy) is 1. The molecule has 1 aliphatic rings. The second-order valence-corrected chi connectivity index (χ2v) is 6.66. The first-order chi connectivity index (χ1) is 12.1. The number of benzene rings is 1. The number of nitrogens with zero attached hydrogens (tertiary/aromatic N) is 1. The molecule has 0 bridgehead atoms. The van der Waals surface area contributed by atoms with Gasteiger partial charge in [0, 0.05) is 12.6 Å². The number of rotatable bonds is 8. The lowest BCUT2D eigenvalue weighted by Gasteiger charge is -2.16. The van der Waals surface area contributed by atoms with Crippen molar-refractivity contribution in [3.8, 4) is 5.75 Å². The van der Waals surface area contributed by atoms with Crippen LogP contribution in [0.4, 0.5) is 0 Å². The molecule has 0 radical (unpaired) electrons. The van der Waals surface area contributed by atoms with E-state index in [4.69, 9.17) is 15.0 Å². The van der Waals surface area contributed by atoms with E-state index < -0.39 is 0 Å². The summed E-state index contributed by atoms with van der Waals surface area (Å²) in [7, 11) is 0. The topological polar surface area (TPSA) is 90.4 Å². The molecule has 7 heteroatoms. The third-order valence-electron chi connectivity index (χ3n) is 4.64. The van der Waals surface area contributed by atoms with Crippen molar-refractivity contribution in [2.45, 2.75) is 45.8 Å². The van der Waals surface area contributed by atoms with Crippen LogP contribution in [0.25, 0.3) is 0 Å². The van der Waals surface area contributed by atoms with Crippen LogP contribution in [0.3, 0.4) is 0 Å². The maximum atomic E-state index is 12.1. The molecule has 1 atom stereocenters. The van der Waals surface area contributed by atoms with Crippen LogP contribution < -0.4 is 15.8 Å². The van der Waals surface area contributed by atoms with E-state index in [0.717, 1.165) is 28.3 Å². The number of carbonyl (C=O) groups excluding carboxylic acids is 1. The molecule has 6 nitrogen and oxygen atoms in total. The van der Waals surface area contributed by atoms with Crippen molar-refractivity contribution in [3.63, 3.8) is 0 Å². The lowest BCUT2D eigenvalue weighted by molar-refractivity contribution is -0.121. The lowest BCUT2D eigenvalue weighted by atomic mass is 10.1. The zero-order valence-electron chi connectivity index (χ0n) is 15.2. The van der Waals surface area contributed by atoms with E-state index in [9.17, 15) is 4.79 Å². The van der Waals surface area contributed by atoms with Gasteiger partial charge in [0.2, 0.25) is 5.91 Å². The van der Waals surface area contributed by atoms with E-state index in [0.29, 0.717) is 25.5 Å². The summed E-state index contributed by atoms with van der Waals surface area (Å²) >= 11 is 0. The fourth-order valence-corrected chi connectivity index (χ4v) is 2.88. The van der Waals surface area contributed by atoms with Crippen molar-refractivity contribution in [2.24, 2.45) is 11.7 Å². The molecule has 1 aromatic carbocycles. The van der Waals surface area contributed by atoms with Crippen LogP contribution in [-0.2, 0) is 17.8 Å². The first-order valence-electron chi connectivity index (χ1n) is 8.69. The Labute approximate surface area is 159 Å². The van der Waals surface area contributed by atoms with Gasteiger partial charge in [-0.05, 0) is 50.3 Å². The Morgan fingerprint density at radius 3 is 2.58 bits per heavy atom. The minimum Gasteiger partial charge on any atom is -0.489 e. The molecule has 1 heterocycles. The van der Waals surface area contributed by atoms with Gasteiger partial charge in [0.1, 0.15) is 18.1 Å². The van der Waals surface area contributed by atoms with Gasteiger partial charge in [-0.25, -0.2) is 0 Å². The Morgan fingerprint density at radius 2 is 2.04 bits per heavy atom. The summed E-state index contributed by atoms with van der Waals surface area (Å²) in [6, 6.07) is 7.70. The summed E-state index contributed by atoms with van der Waals surface area (Å²) in [5.41, 5.74) is 8.49. The average molecular weight is 380 g/mol. The molecule has 2 aromatic rings. The van der Waals surface area contributed by atoms with Crippen molar-refractivity contribution in [1.29, 1.82) is 0 Å². The van der Waals surface area contributed by atoms with Crippen molar-refractivity contribution >= 4 is 18.3 Å². The van der Waals surface area contributed by atoms with Crippen LogP contribution in [0.1, 0.15) is 35.4 Å². The second kappa shape index (κ2) is 9.05. The second-order valence-electron chi connectivity index (χ2n) is 6.66. The summed E-state index contributed by atoms with van der Waals surface area (Å²) in [6.45, 7) is 4.69. The first-order valence-corrected chi connectivity index (χ1v) is 8.69. The largest absolute Gasteiger partial charge is 0.489 e. The lowest BCUT2D eigenvalue weighted by Crippen LogP contribution is -2.42. The molecule has 1 aliphatic carbocycles. The highest BCUT2D eigenvalue weighted by molar-refractivity contribution is 5.85. The summed E-state index contributed by atoms with van der Waals surface area (Å²) in [4.78, 5) is 12.1. The minimum atomic E-state index is 0. The predicted molar refractivity (Wildman–Crippen MR) is 101 cm³/mol. The number of halogens is 1. The summed E-state index contributed by atoms with van der Waals surface area (Å²) in [5.74, 6) is 2.11. The molecule has 0 spiro atoms. The number of nitrogens with two attached hydrogens (primary N) is 1. The van der Waals surface area contributed by atoms with Crippen molar-refractivity contribution < 1.29 is 14.1 Å². The van der Waals surface area contributed by atoms with Crippen LogP contribution >= 0.6 is 12.4 Å². The molecule has 142 valence electrons. The third-order valence-corrected chi connectivity index (χ3v) is 4.64. The normalized spacial score (nSPS) is 14.4. The summed E-state index contributed by atoms with van der Waals surface area (Å²) < 4.78 is 10.9. The quantitative estimate of drug-likeness (QED) is 0.735. The van der Waals surface area contributed by atoms with E-state index in [1.807, 2.05) is 38.1 Å². The van der Waals surface area contributed by atoms with Gasteiger partial charge in [-0.2, -0.15) is 0 Å². The number of amides is 1. The predicted octanol–water partition coefficient (Wildman–Crippen LogP) is 2.69. The molecule has 1 aromatic heterocycles. The molecular weight excluding hydrogens is 354 g/mol. The highest BCUT2D eigenvalue weighted by Gasteiger charge is 2.31. The molecule has 1 fully saturated rings. The third kappa shape index (κ3) is 5.22. The fraction of sp³-hybridized carbons (Fsp3) is 0.474. The molecule has 1 amide bonds. The van der Waals surface area contributed by atoms with Crippen molar-refractivity contribution in [2.75, 3.05) is 6.54 Å². The van der Waals surface area contributed by atoms with Gasteiger partial charge in [-0.3, -0.25) is 4.79 Å². The number of aromatic nitrogens is 1. The van der Waals surface area contributed by atoms with E-state index in [1.54, 1.807) is 0 Å². The first kappa shape index (κ1) is 20.3. The van der Waals surface area contributed by atoms with Crippen molar-refractivity contribution in [3.05, 3.63) is 46.8 Å². The van der Waals surface area contributed by atoms with Crippen LogP contribution in [0.15, 0.2) is 28.8 Å². The number of hydrogen-bond donors (Lipinski definition) is 2. The Balaban J connectivity index is 0.00000243. The van der Waals surface area contributed by atoms with Crippen LogP contribution in [0, 0.1) is 19.8 Å². The molecule has 3 rings (SSSR count). The zero-order chi connectivity index (χ0) is 17.8. The molecule has 1 unspecified atom stereocenters. The van der Waals surface area contributed by atoms with Crippen molar-refractivity contribution in [1.82, 2.24) is 10.5 Å². The molecule has 3 N–H and O–H groups in total. The van der Waals surface area contributed by atoms with Gasteiger partial charge in [-0.1, -0.05) is 17.3 Å². The SMILES string of the molecule is Cc1noc(C)c1COc1ccc(CC(=O)NC(CN)C2CC2)cc1.Cl. The number of carbonyl (C=O) groups is 1. The molecule has 1 saturated carbocycles.